The molecule has 15 atom stereocenters. The van der Waals surface area contributed by atoms with Crippen LogP contribution in [0.1, 0.15) is 145 Å². The molecule has 0 unspecified atom stereocenters. The Kier molecular flexibility index (Phi) is 24.2. The van der Waals surface area contributed by atoms with Crippen molar-refractivity contribution in [3.8, 4) is 0 Å². The summed E-state index contributed by atoms with van der Waals surface area (Å²) in [6, 6.07) is -1.13. The van der Waals surface area contributed by atoms with Crippen LogP contribution in [0, 0.1) is 41.4 Å². The van der Waals surface area contributed by atoms with E-state index in [1.807, 2.05) is 58.1 Å². The molecule has 4 aliphatic heterocycles. The fraction of sp³-hybridized carbons (Fsp3) is 0.776. The number of cyclic esters (lactones) is 1. The zero-order valence-corrected chi connectivity index (χ0v) is 45.9. The monoisotopic (exact) mass is 1020 g/mol. The van der Waals surface area contributed by atoms with Gasteiger partial charge < -0.3 is 48.9 Å². The maximum Gasteiger partial charge on any atom is 0.329 e. The molecule has 2 bridgehead atoms. The summed E-state index contributed by atoms with van der Waals surface area (Å²) < 4.78 is 36.5. The summed E-state index contributed by atoms with van der Waals surface area (Å²) >= 11 is 0. The summed E-state index contributed by atoms with van der Waals surface area (Å²) in [5.74, 6) is -7.06. The molecule has 0 aromatic carbocycles. The van der Waals surface area contributed by atoms with Crippen molar-refractivity contribution >= 4 is 29.2 Å². The highest BCUT2D eigenvalue weighted by atomic mass is 16.6. The lowest BCUT2D eigenvalue weighted by molar-refractivity contribution is -0.265. The van der Waals surface area contributed by atoms with Crippen LogP contribution in [-0.4, -0.2) is 146 Å². The lowest BCUT2D eigenvalue weighted by Crippen LogP contribution is -2.61. The molecule has 412 valence electrons. The van der Waals surface area contributed by atoms with Crippen molar-refractivity contribution in [2.45, 2.75) is 199 Å². The van der Waals surface area contributed by atoms with E-state index in [9.17, 15) is 34.2 Å². The molecule has 0 aromatic heterocycles. The molecule has 5 rings (SSSR count). The number of fused-ring (bicyclic) bond motifs is 3. The van der Waals surface area contributed by atoms with E-state index in [0.29, 0.717) is 63.0 Å². The van der Waals surface area contributed by atoms with Gasteiger partial charge in [-0.1, -0.05) is 71.1 Å². The Morgan fingerprint density at radius 1 is 0.822 bits per heavy atom. The number of allylic oxidation sites excluding steroid dienone is 6. The number of methoxy groups -OCH3 is 3. The first-order valence-corrected chi connectivity index (χ1v) is 27.6. The third-order valence-electron chi connectivity index (χ3n) is 16.8. The second-order valence-electron chi connectivity index (χ2n) is 22.4. The normalized spacial score (nSPS) is 37.7. The van der Waals surface area contributed by atoms with Crippen molar-refractivity contribution in [2.24, 2.45) is 41.4 Å². The van der Waals surface area contributed by atoms with Gasteiger partial charge in [0.15, 0.2) is 5.78 Å². The number of piperidine rings is 2. The van der Waals surface area contributed by atoms with E-state index in [1.54, 1.807) is 41.1 Å². The summed E-state index contributed by atoms with van der Waals surface area (Å²) in [5.41, 5.74) is 1.29. The van der Waals surface area contributed by atoms with Crippen LogP contribution in [0.5, 0.6) is 0 Å². The number of carbonyl (C=O) groups excluding carboxylic acids is 5. The fourth-order valence-electron chi connectivity index (χ4n) is 11.8. The van der Waals surface area contributed by atoms with Crippen molar-refractivity contribution < 1.29 is 62.6 Å². The number of aliphatic hydroxyl groups is 2. The fourth-order valence-corrected chi connectivity index (χ4v) is 11.8. The summed E-state index contributed by atoms with van der Waals surface area (Å²) in [7, 11) is 4.70. The van der Waals surface area contributed by atoms with Gasteiger partial charge in [0.25, 0.3) is 11.7 Å². The largest absolute Gasteiger partial charge is 0.460 e. The first-order valence-electron chi connectivity index (χ1n) is 27.6. The van der Waals surface area contributed by atoms with Gasteiger partial charge in [-0.25, -0.2) is 4.79 Å². The van der Waals surface area contributed by atoms with Gasteiger partial charge in [0.1, 0.15) is 30.1 Å². The predicted octanol–water partition coefficient (Wildman–Crippen LogP) is 7.59. The van der Waals surface area contributed by atoms with Crippen LogP contribution in [-0.2, 0) is 52.4 Å². The highest BCUT2D eigenvalue weighted by Crippen LogP contribution is 2.38. The molecule has 4 heterocycles. The SMILES string of the molecule is CO[C@H]1C[C@@H]2CC[C@@H](C)[C@@](O)(O2)C(=O)C(=O)N2CCCC[C@H]2C(=O)O[C@H]([C@H](C)C[C@@H]2CC[C@@H](OCCC3CCNCC3)[C@H](OC)C2)CC(=O)[C@H](C)/C=C(\C)[C@@H](O)[C@@H](OC)C(=O)[C@H](C)C[C@H](C)/C=C/C=CC=C1C. The molecule has 1 amide bonds. The number of ketones is 3. The lowest BCUT2D eigenvalue weighted by atomic mass is 9.78. The number of esters is 1. The highest BCUT2D eigenvalue weighted by molar-refractivity contribution is 6.39. The van der Waals surface area contributed by atoms with E-state index in [1.165, 1.54) is 12.0 Å². The Morgan fingerprint density at radius 3 is 2.26 bits per heavy atom. The molecule has 5 aliphatic rings. The standard InChI is InChI=1S/C58H92N2O13/c1-36-16-12-11-13-17-37(2)49(68-8)34-45-21-19-42(7)58(67,73-45)55(64)56(65)60-28-15-14-18-46(60)57(66)72-50(35-47(61)38(3)31-41(6)53(63)54(70-10)52(62)40(5)30-36)39(4)32-44-20-22-48(51(33-44)69-9)71-29-25-43-23-26-59-27-24-43/h11-13,16-17,31,36,38-40,42-46,48-51,53-54,59,63,67H,14-15,18-30,32-35H2,1-10H3/b13-11?,16-12+,37-17?,41-31+/t36-,38-,39-,40-,42-,44+,45+,46+,48-,49+,50+,51-,53-,54+,58-/m1/s1. The van der Waals surface area contributed by atoms with Gasteiger partial charge >= 0.3 is 5.97 Å². The highest BCUT2D eigenvalue weighted by Gasteiger charge is 2.53. The number of nitrogens with zero attached hydrogens (tertiary/aromatic N) is 1. The first-order chi connectivity index (χ1) is 34.8. The number of amides is 1. The number of hydrogen-bond donors (Lipinski definition) is 3. The lowest BCUT2D eigenvalue weighted by Gasteiger charge is -2.42. The number of rotatable bonds is 10. The molecule has 3 N–H and O–H groups in total. The van der Waals surface area contributed by atoms with Gasteiger partial charge in [-0.2, -0.15) is 0 Å². The van der Waals surface area contributed by atoms with Gasteiger partial charge in [-0.05, 0) is 145 Å². The van der Waals surface area contributed by atoms with Crippen LogP contribution in [0.3, 0.4) is 0 Å². The van der Waals surface area contributed by atoms with Gasteiger partial charge in [0.2, 0.25) is 5.79 Å². The molecule has 0 spiro atoms. The van der Waals surface area contributed by atoms with Gasteiger partial charge in [-0.3, -0.25) is 19.2 Å². The summed E-state index contributed by atoms with van der Waals surface area (Å²) in [6.07, 6.45) is 16.2. The Labute approximate surface area is 436 Å². The molecule has 3 saturated heterocycles. The number of hydrogen-bond acceptors (Lipinski definition) is 14. The third kappa shape index (κ3) is 16.8. The van der Waals surface area contributed by atoms with Crippen LogP contribution in [0.15, 0.2) is 47.6 Å². The van der Waals surface area contributed by atoms with E-state index in [0.717, 1.165) is 57.2 Å². The summed E-state index contributed by atoms with van der Waals surface area (Å²) in [6.45, 7) is 15.7. The second kappa shape index (κ2) is 29.2. The number of nitrogens with one attached hydrogen (secondary N) is 1. The molecule has 1 aliphatic carbocycles. The molecule has 15 nitrogen and oxygen atoms in total. The average molecular weight is 1030 g/mol. The maximum absolute atomic E-state index is 14.6. The first kappa shape index (κ1) is 60.5. The smallest absolute Gasteiger partial charge is 0.329 e. The minimum atomic E-state index is -2.42. The Morgan fingerprint density at radius 2 is 1.56 bits per heavy atom. The zero-order chi connectivity index (χ0) is 53.4. The summed E-state index contributed by atoms with van der Waals surface area (Å²) in [5, 5.41) is 27.0. The zero-order valence-electron chi connectivity index (χ0n) is 45.9. The third-order valence-corrected chi connectivity index (χ3v) is 16.8. The molecular formula is C58H92N2O13. The van der Waals surface area contributed by atoms with Crippen LogP contribution in [0.25, 0.3) is 0 Å². The van der Waals surface area contributed by atoms with E-state index < -0.39 is 77.8 Å². The van der Waals surface area contributed by atoms with Gasteiger partial charge in [0.05, 0.1) is 24.4 Å². The number of carbonyl (C=O) groups is 5. The number of ether oxygens (including phenoxy) is 6. The quantitative estimate of drug-likeness (QED) is 0.110. The van der Waals surface area contributed by atoms with E-state index in [2.05, 4.69) is 5.32 Å². The molecule has 73 heavy (non-hydrogen) atoms. The molecule has 1 saturated carbocycles. The number of Topliss-reactive ketones (excluding diaryl/α,β-unsaturated/α-hetero) is 3. The maximum atomic E-state index is 14.6. The van der Waals surface area contributed by atoms with Crippen LogP contribution in [0.2, 0.25) is 0 Å². The Hall–Kier alpha value is -3.41. The molecule has 15 heteroatoms. The number of aliphatic hydroxyl groups excluding tert-OH is 1. The van der Waals surface area contributed by atoms with E-state index >= 15 is 0 Å². The molecular weight excluding hydrogens is 933 g/mol. The topological polar surface area (TPSA) is 196 Å². The summed E-state index contributed by atoms with van der Waals surface area (Å²) in [4.78, 5) is 72.7. The average Bonchev–Trinajstić information content (AvgIpc) is 3.38. The van der Waals surface area contributed by atoms with E-state index in [-0.39, 0.29) is 60.9 Å². The second-order valence-corrected chi connectivity index (χ2v) is 22.4. The van der Waals surface area contributed by atoms with Crippen LogP contribution < -0.4 is 5.32 Å². The van der Waals surface area contributed by atoms with Crippen LogP contribution in [0.4, 0.5) is 0 Å². The van der Waals surface area contributed by atoms with E-state index in [4.69, 9.17) is 28.4 Å². The molecule has 0 radical (unpaired) electrons. The molecule has 0 aromatic rings. The minimum absolute atomic E-state index is 0.0224. The Bertz CT molecular complexity index is 1940. The van der Waals surface area contributed by atoms with Crippen molar-refractivity contribution in [1.29, 1.82) is 0 Å². The van der Waals surface area contributed by atoms with Gasteiger partial charge in [0, 0.05) is 65.1 Å². The van der Waals surface area contributed by atoms with Crippen molar-refractivity contribution in [3.05, 3.63) is 47.6 Å². The van der Waals surface area contributed by atoms with Crippen LogP contribution >= 0.6 is 0 Å². The molecule has 4 fully saturated rings. The minimum Gasteiger partial charge on any atom is -0.460 e. The van der Waals surface area contributed by atoms with Crippen molar-refractivity contribution in [2.75, 3.05) is 47.6 Å². The predicted molar refractivity (Wildman–Crippen MR) is 279 cm³/mol. The van der Waals surface area contributed by atoms with Crippen molar-refractivity contribution in [1.82, 2.24) is 10.2 Å². The van der Waals surface area contributed by atoms with Gasteiger partial charge in [-0.15, -0.1) is 0 Å². The van der Waals surface area contributed by atoms with Crippen molar-refractivity contribution in [3.63, 3.8) is 0 Å². The Balaban J connectivity index is 1.42.